The first-order valence-electron chi connectivity index (χ1n) is 14.5. The fourth-order valence-corrected chi connectivity index (χ4v) is 4.31. The second-order valence-corrected chi connectivity index (χ2v) is 10.1. The van der Waals surface area contributed by atoms with Crippen molar-refractivity contribution in [3.05, 3.63) is 125 Å². The van der Waals surface area contributed by atoms with E-state index in [4.69, 9.17) is 15.2 Å². The maximum atomic E-state index is 5.32. The average Bonchev–Trinajstić information content (AvgIpc) is 3.50. The normalized spacial score (nSPS) is 10.1. The fourth-order valence-electron chi connectivity index (χ4n) is 4.31. The third kappa shape index (κ3) is 8.93. The van der Waals surface area contributed by atoms with E-state index in [-0.39, 0.29) is 26.5 Å². The molecule has 0 aliphatic rings. The predicted molar refractivity (Wildman–Crippen MR) is 176 cm³/mol. The topological polar surface area (TPSA) is 119 Å². The quantitative estimate of drug-likeness (QED) is 0.156. The summed E-state index contributed by atoms with van der Waals surface area (Å²) in [5.74, 6) is 3.21. The smallest absolute Gasteiger partial charge is 0.516 e. The van der Waals surface area contributed by atoms with Crippen LogP contribution >= 0.6 is 0 Å². The van der Waals surface area contributed by atoms with E-state index >= 15 is 0 Å². The number of nitrogens with zero attached hydrogens (tertiary/aromatic N) is 7. The second-order valence-electron chi connectivity index (χ2n) is 10.1. The van der Waals surface area contributed by atoms with E-state index in [2.05, 4.69) is 58.9 Å². The minimum Gasteiger partial charge on any atom is -0.516 e. The second kappa shape index (κ2) is 17.1. The monoisotopic (exact) mass is 795 g/mol. The summed E-state index contributed by atoms with van der Waals surface area (Å²) in [7, 11) is 1.63. The van der Waals surface area contributed by atoms with Crippen LogP contribution in [0.2, 0.25) is 0 Å². The number of pyridine rings is 3. The summed E-state index contributed by atoms with van der Waals surface area (Å²) in [6.45, 7) is 12.5. The Kier molecular flexibility index (Phi) is 13.3. The van der Waals surface area contributed by atoms with E-state index < -0.39 is 0 Å². The summed E-state index contributed by atoms with van der Waals surface area (Å²) in [4.78, 5) is 12.8. The van der Waals surface area contributed by atoms with Crippen LogP contribution in [0.4, 0.5) is 0 Å². The first kappa shape index (κ1) is 35.8. The van der Waals surface area contributed by atoms with Gasteiger partial charge < -0.3 is 14.5 Å². The molecule has 0 spiro atoms. The molecule has 239 valence electrons. The molecule has 5 heterocycles. The van der Waals surface area contributed by atoms with Gasteiger partial charge in [-0.25, -0.2) is 19.3 Å². The molecule has 6 aromatic rings. The SMILES string of the molecule is COc1cc[c-]c(-c2cc(OCN)ccn2)c1.Cc1nn(-c2ccccn2)c(C)c1C.Cc1nn(-c2ccccn2)c(C)c1C.[Os+]. The van der Waals surface area contributed by atoms with Gasteiger partial charge in [-0.15, -0.1) is 29.8 Å². The van der Waals surface area contributed by atoms with Crippen molar-refractivity contribution in [2.75, 3.05) is 13.8 Å². The Morgan fingerprint density at radius 3 is 1.70 bits per heavy atom. The van der Waals surface area contributed by atoms with Crippen molar-refractivity contribution in [2.45, 2.75) is 41.5 Å². The third-order valence-corrected chi connectivity index (χ3v) is 7.30. The van der Waals surface area contributed by atoms with Crippen molar-refractivity contribution >= 4 is 0 Å². The molecule has 0 fully saturated rings. The Hall–Kier alpha value is -4.71. The summed E-state index contributed by atoms with van der Waals surface area (Å²) in [5, 5.41) is 8.87. The van der Waals surface area contributed by atoms with Crippen LogP contribution in [0.5, 0.6) is 11.5 Å². The van der Waals surface area contributed by atoms with E-state index in [1.807, 2.05) is 77.8 Å². The average molecular weight is 794 g/mol. The Morgan fingerprint density at radius 2 is 1.26 bits per heavy atom. The molecule has 0 saturated heterocycles. The van der Waals surface area contributed by atoms with Gasteiger partial charge in [0.1, 0.15) is 12.5 Å². The van der Waals surface area contributed by atoms with Gasteiger partial charge in [-0.1, -0.05) is 12.1 Å². The van der Waals surface area contributed by atoms with Gasteiger partial charge in [0.2, 0.25) is 0 Å². The summed E-state index contributed by atoms with van der Waals surface area (Å²) >= 11 is 0. The molecule has 6 rings (SSSR count). The van der Waals surface area contributed by atoms with Gasteiger partial charge in [-0.3, -0.25) is 5.73 Å². The molecule has 46 heavy (non-hydrogen) atoms. The van der Waals surface area contributed by atoms with Crippen LogP contribution in [0.3, 0.4) is 0 Å². The largest absolute Gasteiger partial charge is 1.00 e. The first-order valence-corrected chi connectivity index (χ1v) is 14.5. The van der Waals surface area contributed by atoms with Crippen LogP contribution in [0, 0.1) is 47.6 Å². The number of methoxy groups -OCH3 is 1. The van der Waals surface area contributed by atoms with Crippen molar-refractivity contribution in [3.8, 4) is 34.4 Å². The standard InChI is InChI=1S/C13H13N2O2.2C11H13N3.Os/c1-16-11-4-2-3-10(7-11)13-8-12(17-9-14)5-6-15-13;2*1-8-9(2)13-14(10(8)3)11-6-4-5-7-12-11;/h2,4-8H,9,14H2,1H3;2*4-7H,1-3H3;/q-1;;;+1. The summed E-state index contributed by atoms with van der Waals surface area (Å²) in [6, 6.07) is 23.8. The summed E-state index contributed by atoms with van der Waals surface area (Å²) < 4.78 is 14.1. The molecule has 0 bridgehead atoms. The zero-order valence-electron chi connectivity index (χ0n) is 27.2. The number of ether oxygens (including phenoxy) is 2. The summed E-state index contributed by atoms with van der Waals surface area (Å²) in [5.41, 5.74) is 13.8. The fraction of sp³-hybridized carbons (Fsp3) is 0.229. The maximum absolute atomic E-state index is 5.32. The molecule has 11 heteroatoms. The van der Waals surface area contributed by atoms with Crippen LogP contribution in [-0.4, -0.2) is 48.4 Å². The number of hydrogen-bond acceptors (Lipinski definition) is 8. The van der Waals surface area contributed by atoms with Gasteiger partial charge in [-0.2, -0.15) is 10.2 Å². The molecular weight excluding hydrogens is 755 g/mol. The minimum absolute atomic E-state index is 0. The van der Waals surface area contributed by atoms with Gasteiger partial charge in [0.25, 0.3) is 0 Å². The third-order valence-electron chi connectivity index (χ3n) is 7.30. The van der Waals surface area contributed by atoms with Crippen LogP contribution in [0.1, 0.15) is 33.9 Å². The molecule has 1 radical (unpaired) electrons. The van der Waals surface area contributed by atoms with Gasteiger partial charge in [0, 0.05) is 35.7 Å². The summed E-state index contributed by atoms with van der Waals surface area (Å²) in [6.07, 6.45) is 5.23. The molecule has 0 unspecified atom stereocenters. The number of hydrogen-bond donors (Lipinski definition) is 1. The molecule has 5 aromatic heterocycles. The van der Waals surface area contributed by atoms with Crippen LogP contribution < -0.4 is 15.2 Å². The number of aromatic nitrogens is 7. The minimum atomic E-state index is 0. The molecule has 10 nitrogen and oxygen atoms in total. The van der Waals surface area contributed by atoms with Crippen molar-refractivity contribution in [2.24, 2.45) is 5.73 Å². The van der Waals surface area contributed by atoms with Crippen LogP contribution in [0.15, 0.2) is 85.3 Å². The maximum Gasteiger partial charge on any atom is 1.00 e. The molecular formula is C35H39N8O2Os. The molecule has 0 amide bonds. The number of nitrogens with two attached hydrogens (primary N) is 1. The Bertz CT molecular complexity index is 1730. The zero-order chi connectivity index (χ0) is 32.3. The number of benzene rings is 1. The van der Waals surface area contributed by atoms with E-state index in [0.29, 0.717) is 5.75 Å². The van der Waals surface area contributed by atoms with Gasteiger partial charge in [0.05, 0.1) is 18.5 Å². The molecule has 0 atom stereocenters. The zero-order valence-corrected chi connectivity index (χ0v) is 29.7. The Labute approximate surface area is 283 Å². The van der Waals surface area contributed by atoms with E-state index in [1.165, 1.54) is 11.1 Å². The van der Waals surface area contributed by atoms with E-state index in [9.17, 15) is 0 Å². The van der Waals surface area contributed by atoms with E-state index in [1.54, 1.807) is 37.8 Å². The predicted octanol–water partition coefficient (Wildman–Crippen LogP) is 6.24. The van der Waals surface area contributed by atoms with E-state index in [0.717, 1.165) is 51.4 Å². The molecule has 1 aromatic carbocycles. The molecule has 0 saturated carbocycles. The van der Waals surface area contributed by atoms with Crippen molar-refractivity contribution in [1.29, 1.82) is 0 Å². The molecule has 2 N–H and O–H groups in total. The van der Waals surface area contributed by atoms with Gasteiger partial charge in [-0.05, 0) is 94.8 Å². The van der Waals surface area contributed by atoms with Gasteiger partial charge in [0.15, 0.2) is 11.6 Å². The number of aryl methyl sites for hydroxylation is 2. The van der Waals surface area contributed by atoms with Crippen LogP contribution in [-0.2, 0) is 19.8 Å². The van der Waals surface area contributed by atoms with Crippen molar-refractivity contribution < 1.29 is 29.3 Å². The number of rotatable bonds is 6. The van der Waals surface area contributed by atoms with Crippen LogP contribution in [0.25, 0.3) is 22.9 Å². The van der Waals surface area contributed by atoms with Crippen molar-refractivity contribution in [1.82, 2.24) is 34.5 Å². The molecule has 0 aliphatic carbocycles. The Balaban J connectivity index is 0.000000187. The first-order chi connectivity index (χ1) is 21.7. The van der Waals surface area contributed by atoms with Gasteiger partial charge >= 0.3 is 19.8 Å². The molecule has 0 aliphatic heterocycles. The Morgan fingerprint density at radius 1 is 0.696 bits per heavy atom. The van der Waals surface area contributed by atoms with Crippen molar-refractivity contribution in [3.63, 3.8) is 0 Å².